The van der Waals surface area contributed by atoms with Crippen molar-refractivity contribution in [2.24, 2.45) is 0 Å². The van der Waals surface area contributed by atoms with Gasteiger partial charge in [-0.15, -0.1) is 0 Å². The maximum Gasteiger partial charge on any atom is 0.143 e. The minimum absolute atomic E-state index is 0.892. The van der Waals surface area contributed by atoms with E-state index in [9.17, 15) is 0 Å². The van der Waals surface area contributed by atoms with Crippen LogP contribution in [0.4, 0.5) is 11.4 Å². The Bertz CT molecular complexity index is 3840. The van der Waals surface area contributed by atoms with Crippen LogP contribution in [0.1, 0.15) is 18.4 Å². The van der Waals surface area contributed by atoms with Crippen molar-refractivity contribution in [3.05, 3.63) is 224 Å². The van der Waals surface area contributed by atoms with Crippen LogP contribution in [0, 0.1) is 0 Å². The van der Waals surface area contributed by atoms with Gasteiger partial charge in [0, 0.05) is 49.6 Å². The number of hydrogen-bond acceptors (Lipinski definition) is 3. The Morgan fingerprint density at radius 1 is 0.365 bits per heavy atom. The summed E-state index contributed by atoms with van der Waals surface area (Å²) in [5.41, 5.74) is 14.2. The Morgan fingerprint density at radius 3 is 1.81 bits per heavy atom. The molecule has 1 aliphatic carbocycles. The lowest BCUT2D eigenvalue weighted by Crippen LogP contribution is -2.19. The molecule has 10 aromatic carbocycles. The van der Waals surface area contributed by atoms with Gasteiger partial charge in [-0.2, -0.15) is 0 Å². The molecule has 0 spiro atoms. The van der Waals surface area contributed by atoms with Gasteiger partial charge in [-0.05, 0) is 128 Å². The summed E-state index contributed by atoms with van der Waals surface area (Å²) in [7, 11) is 0. The highest BCUT2D eigenvalue weighted by Crippen LogP contribution is 2.43. The average Bonchev–Trinajstić information content (AvgIpc) is 3.92. The number of benzene rings is 10. The lowest BCUT2D eigenvalue weighted by Gasteiger charge is -2.32. The molecule has 2 aromatic heterocycles. The average molecular weight is 806 g/mol. The predicted octanol–water partition coefficient (Wildman–Crippen LogP) is 17.2. The molecule has 3 nitrogen and oxygen atoms in total. The van der Waals surface area contributed by atoms with E-state index < -0.39 is 0 Å². The summed E-state index contributed by atoms with van der Waals surface area (Å²) in [4.78, 5) is 2.47. The first-order valence-electron chi connectivity index (χ1n) is 21.8. The number of furan rings is 2. The summed E-state index contributed by atoms with van der Waals surface area (Å²) >= 11 is 0. The largest absolute Gasteiger partial charge is 0.456 e. The van der Waals surface area contributed by atoms with Crippen LogP contribution in [-0.4, -0.2) is 0 Å². The first-order chi connectivity index (χ1) is 31.2. The molecule has 296 valence electrons. The van der Waals surface area contributed by atoms with Crippen molar-refractivity contribution in [3.63, 3.8) is 0 Å². The Hall–Kier alpha value is -8.14. The second-order valence-electron chi connectivity index (χ2n) is 16.7. The topological polar surface area (TPSA) is 29.5 Å². The van der Waals surface area contributed by atoms with Crippen molar-refractivity contribution < 1.29 is 8.83 Å². The highest BCUT2D eigenvalue weighted by atomic mass is 16.3. The van der Waals surface area contributed by atoms with Gasteiger partial charge < -0.3 is 13.7 Å². The lowest BCUT2D eigenvalue weighted by atomic mass is 9.93. The molecule has 1 aliphatic rings. The summed E-state index contributed by atoms with van der Waals surface area (Å²) in [5.74, 6) is 0. The van der Waals surface area contributed by atoms with Gasteiger partial charge in [0.15, 0.2) is 0 Å². The van der Waals surface area contributed by atoms with Crippen molar-refractivity contribution in [2.75, 3.05) is 4.90 Å². The zero-order chi connectivity index (χ0) is 41.4. The maximum atomic E-state index is 6.55. The van der Waals surface area contributed by atoms with Gasteiger partial charge in [0.05, 0.1) is 0 Å². The van der Waals surface area contributed by atoms with Crippen molar-refractivity contribution in [3.8, 4) is 22.3 Å². The second-order valence-corrected chi connectivity index (χ2v) is 16.7. The normalized spacial score (nSPS) is 13.1. The molecule has 3 heteroatoms. The quantitative estimate of drug-likeness (QED) is 0.157. The fourth-order valence-electron chi connectivity index (χ4n) is 10.1. The van der Waals surface area contributed by atoms with E-state index in [0.29, 0.717) is 0 Å². The van der Waals surface area contributed by atoms with Crippen LogP contribution in [0.2, 0.25) is 0 Å². The van der Waals surface area contributed by atoms with E-state index in [4.69, 9.17) is 8.83 Å². The van der Waals surface area contributed by atoms with Gasteiger partial charge in [-0.25, -0.2) is 0 Å². The summed E-state index contributed by atoms with van der Waals surface area (Å²) < 4.78 is 12.8. The first-order valence-corrected chi connectivity index (χ1v) is 21.8. The molecular weight excluding hydrogens is 767 g/mol. The van der Waals surface area contributed by atoms with E-state index in [2.05, 4.69) is 205 Å². The van der Waals surface area contributed by atoms with Crippen molar-refractivity contribution >= 4 is 93.1 Å². The Kier molecular flexibility index (Phi) is 8.04. The highest BCUT2D eigenvalue weighted by molar-refractivity contribution is 6.16. The Labute approximate surface area is 364 Å². The molecule has 0 radical (unpaired) electrons. The third kappa shape index (κ3) is 5.81. The molecule has 0 bridgehead atoms. The van der Waals surface area contributed by atoms with E-state index >= 15 is 0 Å². The number of anilines is 2. The van der Waals surface area contributed by atoms with Gasteiger partial charge in [-0.1, -0.05) is 152 Å². The molecule has 0 atom stereocenters. The summed E-state index contributed by atoms with van der Waals surface area (Å²) in [6.45, 7) is 0. The molecule has 63 heavy (non-hydrogen) atoms. The van der Waals surface area contributed by atoms with Crippen LogP contribution in [0.25, 0.3) is 104 Å². The molecule has 0 aliphatic heterocycles. The maximum absolute atomic E-state index is 6.55. The van der Waals surface area contributed by atoms with Crippen LogP contribution in [0.5, 0.6) is 0 Å². The molecule has 0 saturated carbocycles. The van der Waals surface area contributed by atoms with Crippen LogP contribution in [0.3, 0.4) is 0 Å². The van der Waals surface area contributed by atoms with Crippen LogP contribution < -0.4 is 4.90 Å². The number of para-hydroxylation sites is 1. The first kappa shape index (κ1) is 35.6. The summed E-state index contributed by atoms with van der Waals surface area (Å²) in [6.07, 6.45) is 6.47. The fourth-order valence-corrected chi connectivity index (χ4v) is 10.1. The van der Waals surface area contributed by atoms with Crippen molar-refractivity contribution in [2.45, 2.75) is 12.8 Å². The van der Waals surface area contributed by atoms with Crippen LogP contribution >= 0.6 is 0 Å². The lowest BCUT2D eigenvalue weighted by molar-refractivity contribution is 0.669. The number of allylic oxidation sites excluding steroid dienone is 4. The predicted molar refractivity (Wildman–Crippen MR) is 265 cm³/mol. The number of hydrogen-bond donors (Lipinski definition) is 0. The SMILES string of the molecule is C1=CC(c2ccc3oc4c5ccccc5ccc4c3c2)=C(N(c2ccc(-c3ccc4c(c3)oc3ccccc34)cc2)c2ccc(-c3cccc4c3ccc3ccccc34)cc2)CC1. The van der Waals surface area contributed by atoms with Crippen molar-refractivity contribution in [1.29, 1.82) is 0 Å². The Balaban J connectivity index is 0.948. The second kappa shape index (κ2) is 14.2. The van der Waals surface area contributed by atoms with Gasteiger partial charge >= 0.3 is 0 Å². The summed E-state index contributed by atoms with van der Waals surface area (Å²) in [6, 6.07) is 72.4. The zero-order valence-electron chi connectivity index (χ0n) is 34.4. The standard InChI is InChI=1S/C60H39NO2/c1-3-12-46-39(10-1)24-32-51-47(16-9-17-50(46)51)41-22-30-45(31-23-41)61(44-28-20-38(21-29-44)42-26-33-53-52-15-6-8-19-57(52)62-59(53)37-42)56-18-7-5-13-48(56)43-27-35-58-55(36-43)54-34-25-40-11-2-4-14-49(40)60(54)63-58/h1-6,8-17,19-37H,7,18H2. The number of rotatable bonds is 6. The zero-order valence-corrected chi connectivity index (χ0v) is 34.4. The minimum Gasteiger partial charge on any atom is -0.456 e. The molecule has 0 saturated heterocycles. The minimum atomic E-state index is 0.892. The molecule has 0 fully saturated rings. The molecule has 12 aromatic rings. The van der Waals surface area contributed by atoms with Gasteiger partial charge in [0.25, 0.3) is 0 Å². The van der Waals surface area contributed by atoms with Crippen molar-refractivity contribution in [1.82, 2.24) is 0 Å². The molecule has 2 heterocycles. The molecule has 13 rings (SSSR count). The van der Waals surface area contributed by atoms with Gasteiger partial charge in [-0.3, -0.25) is 0 Å². The van der Waals surface area contributed by atoms with Gasteiger partial charge in [0.2, 0.25) is 0 Å². The highest BCUT2D eigenvalue weighted by Gasteiger charge is 2.23. The van der Waals surface area contributed by atoms with E-state index in [-0.39, 0.29) is 0 Å². The molecule has 0 unspecified atom stereocenters. The molecule has 0 N–H and O–H groups in total. The van der Waals surface area contributed by atoms with E-state index in [1.807, 2.05) is 12.1 Å². The number of fused-ring (bicyclic) bond motifs is 11. The van der Waals surface area contributed by atoms with E-state index in [1.165, 1.54) is 54.9 Å². The van der Waals surface area contributed by atoms with Crippen LogP contribution in [-0.2, 0) is 0 Å². The monoisotopic (exact) mass is 805 g/mol. The van der Waals surface area contributed by atoms with Gasteiger partial charge in [0.1, 0.15) is 22.3 Å². The fraction of sp³-hybridized carbons (Fsp3) is 0.0333. The summed E-state index contributed by atoms with van der Waals surface area (Å²) in [5, 5.41) is 11.9. The molecule has 0 amide bonds. The third-order valence-electron chi connectivity index (χ3n) is 13.1. The van der Waals surface area contributed by atoms with E-state index in [0.717, 1.165) is 84.6 Å². The molecular formula is C60H39NO2. The number of nitrogens with zero attached hydrogens (tertiary/aromatic N) is 1. The van der Waals surface area contributed by atoms with E-state index in [1.54, 1.807) is 0 Å². The van der Waals surface area contributed by atoms with Crippen LogP contribution in [0.15, 0.2) is 227 Å². The smallest absolute Gasteiger partial charge is 0.143 e. The Morgan fingerprint density at radius 2 is 0.984 bits per heavy atom. The third-order valence-corrected chi connectivity index (χ3v) is 13.1.